The van der Waals surface area contributed by atoms with Gasteiger partial charge in [0.25, 0.3) is 0 Å². The van der Waals surface area contributed by atoms with Gasteiger partial charge in [-0.05, 0) is 0 Å². The largest absolute Gasteiger partial charge is 0.223 e. The fraction of sp³-hybridized carbons (Fsp3) is 0.250. The molecule has 0 bridgehead atoms. The molecule has 0 aromatic rings. The van der Waals surface area contributed by atoms with E-state index in [1.165, 1.54) is 6.07 Å². The molecule has 6 heteroatoms. The van der Waals surface area contributed by atoms with Crippen LogP contribution in [-0.2, 0) is 9.84 Å². The van der Waals surface area contributed by atoms with Gasteiger partial charge in [0.05, 0.1) is 0 Å². The Kier molecular flexibility index (Phi) is 3.16. The summed E-state index contributed by atoms with van der Waals surface area (Å²) >= 11 is 10.3. The maximum atomic E-state index is 10.5. The predicted molar refractivity (Wildman–Crippen MR) is 39.2 cm³/mol. The Morgan fingerprint density at radius 3 is 2.00 bits per heavy atom. The van der Waals surface area contributed by atoms with Crippen molar-refractivity contribution >= 4 is 33.0 Å². The van der Waals surface area contributed by atoms with Gasteiger partial charge in [0.15, 0.2) is 14.2 Å². The van der Waals surface area contributed by atoms with Crippen molar-refractivity contribution in [2.24, 2.45) is 0 Å². The lowest BCUT2D eigenvalue weighted by Crippen LogP contribution is -1.95. The Labute approximate surface area is 68.8 Å². The summed E-state index contributed by atoms with van der Waals surface area (Å²) in [4.78, 5) is 0. The lowest BCUT2D eigenvalue weighted by atomic mass is 10.7. The zero-order chi connectivity index (χ0) is 8.36. The molecule has 0 radical (unpaired) electrons. The van der Waals surface area contributed by atoms with Crippen LogP contribution in [0.4, 0.5) is 0 Å². The summed E-state index contributed by atoms with van der Waals surface area (Å²) < 4.78 is 20.4. The van der Waals surface area contributed by atoms with E-state index in [0.717, 1.165) is 6.26 Å². The van der Waals surface area contributed by atoms with Gasteiger partial charge in [-0.15, -0.1) is 0 Å². The molecule has 0 N–H and O–H groups in total. The van der Waals surface area contributed by atoms with Crippen LogP contribution in [0.25, 0.3) is 0 Å². The molecule has 0 aliphatic carbocycles. The molecular weight excluding hydrogens is 197 g/mol. The maximum Gasteiger partial charge on any atom is 0.188 e. The van der Waals surface area contributed by atoms with Crippen LogP contribution in [0.15, 0.2) is 9.40 Å². The molecule has 0 aliphatic rings. The van der Waals surface area contributed by atoms with Gasteiger partial charge in [0.2, 0.25) is 0 Å². The van der Waals surface area contributed by atoms with Crippen molar-refractivity contribution in [2.45, 2.75) is 0 Å². The van der Waals surface area contributed by atoms with Gasteiger partial charge < -0.3 is 0 Å². The van der Waals surface area contributed by atoms with Gasteiger partial charge in [0, 0.05) is 6.26 Å². The number of sulfone groups is 1. The number of nitriles is 1. The second-order valence-electron chi connectivity index (χ2n) is 1.47. The predicted octanol–water partition coefficient (Wildman–Crippen LogP) is 1.20. The summed E-state index contributed by atoms with van der Waals surface area (Å²) in [7, 11) is -3.52. The lowest BCUT2D eigenvalue weighted by molar-refractivity contribution is 0.609. The van der Waals surface area contributed by atoms with Gasteiger partial charge in [0.1, 0.15) is 11.1 Å². The Morgan fingerprint density at radius 2 is 1.90 bits per heavy atom. The summed E-state index contributed by atoms with van der Waals surface area (Å²) in [6.45, 7) is 0. The fourth-order valence-electron chi connectivity index (χ4n) is 0.207. The van der Waals surface area contributed by atoms with E-state index in [4.69, 9.17) is 28.5 Å². The second-order valence-corrected chi connectivity index (χ2v) is 4.40. The molecule has 0 atom stereocenters. The van der Waals surface area contributed by atoms with Crippen LogP contribution in [0, 0.1) is 11.3 Å². The van der Waals surface area contributed by atoms with Gasteiger partial charge >= 0.3 is 0 Å². The first-order valence-corrected chi connectivity index (χ1v) is 4.69. The molecule has 0 aromatic heterocycles. The van der Waals surface area contributed by atoms with E-state index < -0.39 is 19.2 Å². The van der Waals surface area contributed by atoms with E-state index in [1.54, 1.807) is 0 Å². The van der Waals surface area contributed by atoms with Crippen LogP contribution in [0.3, 0.4) is 0 Å². The normalized spacial score (nSPS) is 13.8. The van der Waals surface area contributed by atoms with Crippen molar-refractivity contribution in [3.8, 4) is 6.07 Å². The Balaban J connectivity index is 5.09. The highest BCUT2D eigenvalue weighted by molar-refractivity contribution is 7.96. The lowest BCUT2D eigenvalue weighted by Gasteiger charge is -1.91. The molecule has 10 heavy (non-hydrogen) atoms. The van der Waals surface area contributed by atoms with Crippen molar-refractivity contribution < 1.29 is 8.42 Å². The SMILES string of the molecule is CS(=O)(=O)C(Cl)=C(Cl)C#N. The quantitative estimate of drug-likeness (QED) is 0.597. The molecule has 3 nitrogen and oxygen atoms in total. The van der Waals surface area contributed by atoms with Gasteiger partial charge in [-0.3, -0.25) is 0 Å². The minimum absolute atomic E-state index is 0.510. The van der Waals surface area contributed by atoms with Crippen LogP contribution >= 0.6 is 23.2 Å². The highest BCUT2D eigenvalue weighted by atomic mass is 35.5. The molecule has 0 spiro atoms. The molecule has 0 rings (SSSR count). The highest BCUT2D eigenvalue weighted by Crippen LogP contribution is 2.17. The summed E-state index contributed by atoms with van der Waals surface area (Å²) in [6, 6.07) is 1.41. The van der Waals surface area contributed by atoms with Crippen molar-refractivity contribution in [3.63, 3.8) is 0 Å². The van der Waals surface area contributed by atoms with E-state index in [0.29, 0.717) is 0 Å². The van der Waals surface area contributed by atoms with E-state index in [2.05, 4.69) is 0 Å². The first kappa shape index (κ1) is 9.76. The Morgan fingerprint density at radius 1 is 1.50 bits per heavy atom. The molecular formula is C4H3Cl2NO2S. The summed E-state index contributed by atoms with van der Waals surface area (Å²) in [5.74, 6) is 0. The first-order chi connectivity index (χ1) is 4.39. The summed E-state index contributed by atoms with van der Waals surface area (Å²) in [6.07, 6.45) is 0.870. The number of rotatable bonds is 1. The van der Waals surface area contributed by atoms with Gasteiger partial charge in [-0.25, -0.2) is 8.42 Å². The Bertz CT molecular complexity index is 298. The number of nitrogens with zero attached hydrogens (tertiary/aromatic N) is 1. The van der Waals surface area contributed by atoms with E-state index in [1.807, 2.05) is 0 Å². The second kappa shape index (κ2) is 3.24. The first-order valence-electron chi connectivity index (χ1n) is 2.05. The van der Waals surface area contributed by atoms with Crippen molar-refractivity contribution in [2.75, 3.05) is 6.26 Å². The molecule has 0 aromatic carbocycles. The minimum atomic E-state index is -3.52. The highest BCUT2D eigenvalue weighted by Gasteiger charge is 2.12. The fourth-order valence-corrected chi connectivity index (χ4v) is 1.04. The van der Waals surface area contributed by atoms with Crippen molar-refractivity contribution in [1.82, 2.24) is 0 Å². The van der Waals surface area contributed by atoms with Crippen LogP contribution in [0.2, 0.25) is 0 Å². The molecule has 0 amide bonds. The maximum absolute atomic E-state index is 10.5. The van der Waals surface area contributed by atoms with E-state index in [9.17, 15) is 8.42 Å². The Hall–Kier alpha value is -0.240. The van der Waals surface area contributed by atoms with E-state index in [-0.39, 0.29) is 0 Å². The van der Waals surface area contributed by atoms with Crippen LogP contribution in [-0.4, -0.2) is 14.7 Å². The van der Waals surface area contributed by atoms with Gasteiger partial charge in [-0.2, -0.15) is 5.26 Å². The van der Waals surface area contributed by atoms with Crippen molar-refractivity contribution in [3.05, 3.63) is 9.40 Å². The number of halogens is 2. The molecule has 0 saturated heterocycles. The van der Waals surface area contributed by atoms with Crippen LogP contribution in [0.5, 0.6) is 0 Å². The van der Waals surface area contributed by atoms with Crippen LogP contribution in [0.1, 0.15) is 0 Å². The smallest absolute Gasteiger partial charge is 0.188 e. The molecule has 56 valence electrons. The van der Waals surface area contributed by atoms with Crippen molar-refractivity contribution in [1.29, 1.82) is 5.26 Å². The third kappa shape index (κ3) is 2.56. The average Bonchev–Trinajstić information content (AvgIpc) is 1.83. The number of allylic oxidation sites excluding steroid dienone is 1. The average molecular weight is 200 g/mol. The molecule has 0 saturated carbocycles. The zero-order valence-corrected chi connectivity index (χ0v) is 7.26. The molecule has 0 heterocycles. The zero-order valence-electron chi connectivity index (χ0n) is 4.93. The summed E-state index contributed by atoms with van der Waals surface area (Å²) in [5.41, 5.74) is 0. The minimum Gasteiger partial charge on any atom is -0.223 e. The third-order valence-electron chi connectivity index (χ3n) is 0.596. The van der Waals surface area contributed by atoms with E-state index >= 15 is 0 Å². The third-order valence-corrected chi connectivity index (χ3v) is 2.96. The van der Waals surface area contributed by atoms with Gasteiger partial charge in [-0.1, -0.05) is 23.2 Å². The molecule has 0 fully saturated rings. The molecule has 0 aliphatic heterocycles. The molecule has 0 unspecified atom stereocenters. The standard InChI is InChI=1S/C4H3Cl2NO2S/c1-10(8,9)4(6)3(5)2-7/h1H3. The topological polar surface area (TPSA) is 57.9 Å². The number of hydrogen-bond donors (Lipinski definition) is 0. The number of hydrogen-bond acceptors (Lipinski definition) is 3. The summed E-state index contributed by atoms with van der Waals surface area (Å²) in [5, 5.41) is 7.57. The van der Waals surface area contributed by atoms with Crippen LogP contribution < -0.4 is 0 Å². The monoisotopic (exact) mass is 199 g/mol.